The zero-order valence-electron chi connectivity index (χ0n) is 8.43. The number of rotatable bonds is 3. The van der Waals surface area contributed by atoms with E-state index in [1.54, 1.807) is 0 Å². The Morgan fingerprint density at radius 1 is 1.65 bits per heavy atom. The molecule has 0 spiro atoms. The molecule has 0 amide bonds. The smallest absolute Gasteiger partial charge is 0.342 e. The van der Waals surface area contributed by atoms with Crippen molar-refractivity contribution in [2.75, 3.05) is 0 Å². The van der Waals surface area contributed by atoms with Crippen molar-refractivity contribution in [1.29, 1.82) is 0 Å². The molecule has 10 heteroatoms. The summed E-state index contributed by atoms with van der Waals surface area (Å²) in [6.45, 7) is 0. The fraction of sp³-hybridized carbons (Fsp3) is 0.143. The maximum Gasteiger partial charge on any atom is 0.342 e. The van der Waals surface area contributed by atoms with E-state index in [9.17, 15) is 14.3 Å². The summed E-state index contributed by atoms with van der Waals surface area (Å²) in [5.74, 6) is -0.138. The van der Waals surface area contributed by atoms with E-state index in [1.807, 2.05) is 0 Å². The Morgan fingerprint density at radius 3 is 2.88 bits per heavy atom. The molecule has 0 aliphatic rings. The molecule has 0 radical (unpaired) electrons. The third-order valence-electron chi connectivity index (χ3n) is 1.99. The highest BCUT2D eigenvalue weighted by molar-refractivity contribution is 7.67. The second-order valence-electron chi connectivity index (χ2n) is 2.91. The lowest BCUT2D eigenvalue weighted by atomic mass is 10.4. The molecule has 0 saturated carbocycles. The van der Waals surface area contributed by atoms with Crippen LogP contribution in [0, 0.1) is 10.1 Å². The summed E-state index contributed by atoms with van der Waals surface area (Å²) in [5, 5.41) is 17.6. The summed E-state index contributed by atoms with van der Waals surface area (Å²) >= 11 is 0.0844. The van der Waals surface area contributed by atoms with Gasteiger partial charge in [-0.2, -0.15) is 0 Å². The van der Waals surface area contributed by atoms with Gasteiger partial charge < -0.3 is 14.5 Å². The molecular weight excluding hydrogens is 250 g/mol. The van der Waals surface area contributed by atoms with Crippen LogP contribution in [0.1, 0.15) is 11.7 Å². The maximum atomic E-state index is 11.0. The first-order chi connectivity index (χ1) is 8.15. The molecule has 9 nitrogen and oxygen atoms in total. The van der Waals surface area contributed by atoms with Gasteiger partial charge in [0.2, 0.25) is 12.2 Å². The second kappa shape index (κ2) is 4.25. The minimum atomic E-state index is -0.600. The van der Waals surface area contributed by atoms with E-state index in [0.717, 1.165) is 12.6 Å². The zero-order chi connectivity index (χ0) is 12.4. The number of aromatic nitrogens is 4. The molecule has 0 atom stereocenters. The Labute approximate surface area is 97.3 Å². The predicted molar refractivity (Wildman–Crippen MR) is 55.5 cm³/mol. The number of hydrogen-bond donors (Lipinski definition) is 0. The van der Waals surface area contributed by atoms with E-state index in [1.165, 1.54) is 11.6 Å². The lowest BCUT2D eigenvalue weighted by molar-refractivity contribution is -0.391. The molecule has 0 N–H and O–H groups in total. The minimum Gasteiger partial charge on any atom is -0.422 e. The number of hydrogen-bond acceptors (Lipinski definition) is 7. The molecule has 2 heterocycles. The summed E-state index contributed by atoms with van der Waals surface area (Å²) in [4.78, 5) is 13.9. The van der Waals surface area contributed by atoms with E-state index >= 15 is 0 Å². The number of nitrogens with zero attached hydrogens (tertiary/aromatic N) is 5. The first kappa shape index (κ1) is 11.1. The highest BCUT2D eigenvalue weighted by Gasteiger charge is 2.24. The lowest BCUT2D eigenvalue weighted by Gasteiger charge is -1.96. The predicted octanol–water partition coefficient (Wildman–Crippen LogP) is -0.507. The summed E-state index contributed by atoms with van der Waals surface area (Å²) in [6.07, 6.45) is 2.12. The Hall–Kier alpha value is -2.36. The second-order valence-corrected chi connectivity index (χ2v) is 3.49. The molecular formula is C7H5N5O4S. The standard InChI is InChI=1S/C7H5N5O4S/c1-11-4(12(13)14)2-8-6(11)5(17-15)7-10-9-3-16-7/h2-3H,1H3. The molecule has 0 saturated heterocycles. The van der Waals surface area contributed by atoms with E-state index in [2.05, 4.69) is 15.2 Å². The van der Waals surface area contributed by atoms with Gasteiger partial charge in [0.15, 0.2) is 4.86 Å². The van der Waals surface area contributed by atoms with Gasteiger partial charge in [0, 0.05) is 0 Å². The van der Waals surface area contributed by atoms with Crippen molar-refractivity contribution in [1.82, 2.24) is 19.7 Å². The van der Waals surface area contributed by atoms with Crippen LogP contribution in [0.25, 0.3) is 0 Å². The first-order valence-electron chi connectivity index (χ1n) is 4.25. The SMILES string of the molecule is Cn1c([N+](=O)[O-])cnc1C(=S=O)c1nnco1. The van der Waals surface area contributed by atoms with Gasteiger partial charge in [-0.15, -0.1) is 10.2 Å². The Balaban J connectivity index is 2.54. The molecule has 0 fully saturated rings. The van der Waals surface area contributed by atoms with Crippen LogP contribution in [0.5, 0.6) is 0 Å². The summed E-state index contributed by atoms with van der Waals surface area (Å²) in [6, 6.07) is 0. The van der Waals surface area contributed by atoms with Gasteiger partial charge in [0.05, 0.1) is 7.05 Å². The minimum absolute atomic E-state index is 0.0198. The van der Waals surface area contributed by atoms with Crippen molar-refractivity contribution in [3.8, 4) is 0 Å². The quantitative estimate of drug-likeness (QED) is 0.314. The highest BCUT2D eigenvalue weighted by Crippen LogP contribution is 2.14. The average Bonchev–Trinajstić information content (AvgIpc) is 2.91. The van der Waals surface area contributed by atoms with Crippen LogP contribution in [0.15, 0.2) is 17.0 Å². The van der Waals surface area contributed by atoms with E-state index in [-0.39, 0.29) is 33.7 Å². The molecule has 0 aliphatic carbocycles. The van der Waals surface area contributed by atoms with Crippen molar-refractivity contribution >= 4 is 21.9 Å². The Morgan fingerprint density at radius 2 is 2.41 bits per heavy atom. The topological polar surface area (TPSA) is 117 Å². The molecule has 2 aromatic rings. The van der Waals surface area contributed by atoms with Crippen LogP contribution in [0.3, 0.4) is 0 Å². The van der Waals surface area contributed by atoms with E-state index in [4.69, 9.17) is 4.42 Å². The first-order valence-corrected chi connectivity index (χ1v) is 4.99. The largest absolute Gasteiger partial charge is 0.422 e. The van der Waals surface area contributed by atoms with Gasteiger partial charge in [-0.05, 0) is 4.92 Å². The third kappa shape index (κ3) is 1.85. The number of nitro groups is 1. The van der Waals surface area contributed by atoms with E-state index < -0.39 is 4.92 Å². The molecule has 0 aliphatic heterocycles. The molecule has 0 aromatic carbocycles. The molecule has 2 rings (SSSR count). The van der Waals surface area contributed by atoms with Crippen molar-refractivity contribution in [2.24, 2.45) is 7.05 Å². The molecule has 17 heavy (non-hydrogen) atoms. The van der Waals surface area contributed by atoms with Crippen LogP contribution in [-0.2, 0) is 18.3 Å². The fourth-order valence-corrected chi connectivity index (χ4v) is 1.65. The Bertz CT molecular complexity index is 612. The fourth-order valence-electron chi connectivity index (χ4n) is 1.22. The van der Waals surface area contributed by atoms with Gasteiger partial charge in [0.1, 0.15) is 17.5 Å². The van der Waals surface area contributed by atoms with Gasteiger partial charge in [-0.3, -0.25) is 0 Å². The molecule has 0 unspecified atom stereocenters. The molecule has 2 aromatic heterocycles. The zero-order valence-corrected chi connectivity index (χ0v) is 9.25. The molecule has 0 bridgehead atoms. The van der Waals surface area contributed by atoms with Crippen LogP contribution < -0.4 is 0 Å². The van der Waals surface area contributed by atoms with Crippen molar-refractivity contribution < 1.29 is 13.5 Å². The van der Waals surface area contributed by atoms with Crippen molar-refractivity contribution in [3.05, 3.63) is 34.4 Å². The van der Waals surface area contributed by atoms with Crippen LogP contribution >= 0.6 is 0 Å². The monoisotopic (exact) mass is 255 g/mol. The van der Waals surface area contributed by atoms with E-state index in [0.29, 0.717) is 0 Å². The van der Waals surface area contributed by atoms with Gasteiger partial charge >= 0.3 is 5.82 Å². The van der Waals surface area contributed by atoms with Crippen LogP contribution in [-0.4, -0.2) is 33.7 Å². The summed E-state index contributed by atoms with van der Waals surface area (Å²) in [7, 11) is 1.42. The highest BCUT2D eigenvalue weighted by atomic mass is 32.1. The van der Waals surface area contributed by atoms with Crippen molar-refractivity contribution in [2.45, 2.75) is 0 Å². The van der Waals surface area contributed by atoms with Gasteiger partial charge in [0.25, 0.3) is 5.89 Å². The molecule has 88 valence electrons. The summed E-state index contributed by atoms with van der Waals surface area (Å²) < 4.78 is 17.0. The van der Waals surface area contributed by atoms with Crippen molar-refractivity contribution in [3.63, 3.8) is 0 Å². The lowest BCUT2D eigenvalue weighted by Crippen LogP contribution is -2.11. The van der Waals surface area contributed by atoms with Crippen LogP contribution in [0.2, 0.25) is 0 Å². The van der Waals surface area contributed by atoms with Gasteiger partial charge in [-0.1, -0.05) is 0 Å². The summed E-state index contributed by atoms with van der Waals surface area (Å²) in [5.41, 5.74) is 0. The van der Waals surface area contributed by atoms with Gasteiger partial charge in [-0.25, -0.2) is 13.8 Å². The Kier molecular flexibility index (Phi) is 2.78. The van der Waals surface area contributed by atoms with Crippen LogP contribution in [0.4, 0.5) is 5.82 Å². The number of imidazole rings is 1. The third-order valence-corrected chi connectivity index (χ3v) is 2.52. The maximum absolute atomic E-state index is 11.0. The average molecular weight is 255 g/mol. The normalized spacial score (nSPS) is 10.2.